The number of carbonyl (C=O) groups is 1. The number of pyridine rings is 1. The van der Waals surface area contributed by atoms with Crippen LogP contribution in [-0.4, -0.2) is 53.9 Å². The third kappa shape index (κ3) is 3.81. The molecule has 1 unspecified atom stereocenters. The van der Waals surface area contributed by atoms with Crippen molar-refractivity contribution < 1.29 is 9.53 Å². The van der Waals surface area contributed by atoms with Crippen molar-refractivity contribution in [3.05, 3.63) is 59.8 Å². The molecule has 6 heteroatoms. The Hall–Kier alpha value is -1.89. The van der Waals surface area contributed by atoms with E-state index in [2.05, 4.69) is 39.5 Å². The highest BCUT2D eigenvalue weighted by molar-refractivity contribution is 7.98. The van der Waals surface area contributed by atoms with Gasteiger partial charge >= 0.3 is 0 Å². The van der Waals surface area contributed by atoms with Crippen LogP contribution in [0.2, 0.25) is 0 Å². The summed E-state index contributed by atoms with van der Waals surface area (Å²) >= 11 is 1.50. The Balaban J connectivity index is 1.69. The van der Waals surface area contributed by atoms with Gasteiger partial charge in [0.1, 0.15) is 5.03 Å². The summed E-state index contributed by atoms with van der Waals surface area (Å²) in [6, 6.07) is 14.6. The monoisotopic (exact) mass is 411 g/mol. The maximum absolute atomic E-state index is 13.3. The highest BCUT2D eigenvalue weighted by Crippen LogP contribution is 2.52. The van der Waals surface area contributed by atoms with E-state index in [9.17, 15) is 4.79 Å². The molecule has 5 nitrogen and oxygen atoms in total. The van der Waals surface area contributed by atoms with E-state index in [1.807, 2.05) is 24.5 Å². The van der Waals surface area contributed by atoms with Gasteiger partial charge in [0, 0.05) is 31.4 Å². The number of carbonyl (C=O) groups excluding carboxylic acids is 1. The molecule has 1 atom stereocenters. The third-order valence-corrected chi connectivity index (χ3v) is 7.24. The average Bonchev–Trinajstić information content (AvgIpc) is 3.31. The lowest BCUT2D eigenvalue weighted by molar-refractivity contribution is 0.0636. The van der Waals surface area contributed by atoms with Crippen molar-refractivity contribution in [2.24, 2.45) is 0 Å². The van der Waals surface area contributed by atoms with Crippen molar-refractivity contribution in [2.45, 2.75) is 48.3 Å². The molecule has 1 N–H and O–H groups in total. The molecule has 2 fully saturated rings. The van der Waals surface area contributed by atoms with Gasteiger partial charge in [-0.2, -0.15) is 0 Å². The van der Waals surface area contributed by atoms with Crippen molar-refractivity contribution in [1.82, 2.24) is 15.2 Å². The number of ether oxygens (including phenoxy) is 1. The van der Waals surface area contributed by atoms with Gasteiger partial charge < -0.3 is 10.1 Å². The fourth-order valence-corrected chi connectivity index (χ4v) is 5.77. The van der Waals surface area contributed by atoms with Crippen LogP contribution in [0.4, 0.5) is 0 Å². The van der Waals surface area contributed by atoms with Crippen LogP contribution in [0.15, 0.2) is 53.7 Å². The Kier molecular flexibility index (Phi) is 6.23. The predicted octanol–water partition coefficient (Wildman–Crippen LogP) is 3.92. The highest BCUT2D eigenvalue weighted by Gasteiger charge is 2.56. The molecule has 1 amide bonds. The molecular weight excluding hydrogens is 382 g/mol. The normalized spacial score (nSPS) is 24.6. The summed E-state index contributed by atoms with van der Waals surface area (Å²) in [6.07, 6.45) is 8.27. The Morgan fingerprint density at radius 3 is 2.72 bits per heavy atom. The highest BCUT2D eigenvalue weighted by atomic mass is 32.2. The standard InChI is InChI=1S/C23H29N3O2S/c1-28-16-15-26-18-10-12-23(26,13-11-18)20(17-7-4-3-5-8-17)25-21(27)19-9-6-14-24-22(19)29-2/h3-9,14,18,20H,10-13,15-16H2,1-2H3,(H,25,27). The van der Waals surface area contributed by atoms with Gasteiger partial charge in [0.05, 0.1) is 18.2 Å². The van der Waals surface area contributed by atoms with Crippen molar-refractivity contribution >= 4 is 17.7 Å². The number of nitrogens with zero attached hydrogens (tertiary/aromatic N) is 2. The van der Waals surface area contributed by atoms with Gasteiger partial charge in [-0.25, -0.2) is 4.98 Å². The van der Waals surface area contributed by atoms with Gasteiger partial charge in [-0.1, -0.05) is 30.3 Å². The molecule has 3 heterocycles. The Labute approximate surface area is 177 Å². The van der Waals surface area contributed by atoms with E-state index in [0.29, 0.717) is 18.2 Å². The Bertz CT molecular complexity index is 837. The number of nitrogens with one attached hydrogen (secondary N) is 1. The molecule has 0 spiro atoms. The summed E-state index contributed by atoms with van der Waals surface area (Å²) in [5.74, 6) is -0.0484. The summed E-state index contributed by atoms with van der Waals surface area (Å²) in [5.41, 5.74) is 1.76. The van der Waals surface area contributed by atoms with E-state index in [1.165, 1.54) is 30.2 Å². The molecule has 154 valence electrons. The van der Waals surface area contributed by atoms with Gasteiger partial charge in [0.2, 0.25) is 0 Å². The van der Waals surface area contributed by atoms with Crippen molar-refractivity contribution in [2.75, 3.05) is 26.5 Å². The summed E-state index contributed by atoms with van der Waals surface area (Å²) in [4.78, 5) is 20.3. The maximum atomic E-state index is 13.3. The van der Waals surface area contributed by atoms with Gasteiger partial charge in [-0.05, 0) is 49.6 Å². The first-order valence-electron chi connectivity index (χ1n) is 10.3. The first kappa shape index (κ1) is 20.4. The number of thioether (sulfide) groups is 1. The minimum absolute atomic E-state index is 0.0484. The lowest BCUT2D eigenvalue weighted by Gasteiger charge is -2.42. The SMILES string of the molecule is COCCN1C2CCC1(C(NC(=O)c1cccnc1SC)c1ccccc1)CC2. The molecule has 1 aromatic heterocycles. The van der Waals surface area contributed by atoms with Crippen LogP contribution in [0.25, 0.3) is 0 Å². The molecule has 4 rings (SSSR count). The second-order valence-electron chi connectivity index (χ2n) is 7.90. The van der Waals surface area contributed by atoms with Crippen LogP contribution >= 0.6 is 11.8 Å². The maximum Gasteiger partial charge on any atom is 0.254 e. The summed E-state index contributed by atoms with van der Waals surface area (Å²) in [6.45, 7) is 1.62. The zero-order valence-corrected chi connectivity index (χ0v) is 18.0. The average molecular weight is 412 g/mol. The first-order chi connectivity index (χ1) is 14.2. The topological polar surface area (TPSA) is 54.5 Å². The van der Waals surface area contributed by atoms with Crippen LogP contribution in [0, 0.1) is 0 Å². The second kappa shape index (κ2) is 8.86. The fraction of sp³-hybridized carbons (Fsp3) is 0.478. The molecule has 0 saturated carbocycles. The Morgan fingerprint density at radius 2 is 2.03 bits per heavy atom. The van der Waals surface area contributed by atoms with Crippen LogP contribution in [0.5, 0.6) is 0 Å². The molecule has 2 aliphatic rings. The Morgan fingerprint density at radius 1 is 1.28 bits per heavy atom. The largest absolute Gasteiger partial charge is 0.383 e. The van der Waals surface area contributed by atoms with Gasteiger partial charge in [-0.15, -0.1) is 11.8 Å². The van der Waals surface area contributed by atoms with E-state index in [1.54, 1.807) is 13.3 Å². The van der Waals surface area contributed by atoms with E-state index >= 15 is 0 Å². The lowest BCUT2D eigenvalue weighted by Crippen LogP contribution is -2.53. The molecule has 0 radical (unpaired) electrons. The van der Waals surface area contributed by atoms with E-state index < -0.39 is 0 Å². The quantitative estimate of drug-likeness (QED) is 0.668. The van der Waals surface area contributed by atoms with Crippen LogP contribution in [0.3, 0.4) is 0 Å². The van der Waals surface area contributed by atoms with Crippen molar-refractivity contribution in [3.8, 4) is 0 Å². The van der Waals surface area contributed by atoms with Crippen LogP contribution in [0.1, 0.15) is 47.6 Å². The summed E-state index contributed by atoms with van der Waals surface area (Å²) in [5, 5.41) is 4.18. The van der Waals surface area contributed by atoms with Crippen molar-refractivity contribution in [3.63, 3.8) is 0 Å². The zero-order chi connectivity index (χ0) is 20.3. The van der Waals surface area contributed by atoms with Gasteiger partial charge in [-0.3, -0.25) is 9.69 Å². The number of rotatable bonds is 8. The molecule has 2 saturated heterocycles. The molecule has 2 bridgehead atoms. The first-order valence-corrected chi connectivity index (χ1v) is 11.5. The molecule has 2 aliphatic heterocycles. The zero-order valence-electron chi connectivity index (χ0n) is 17.1. The number of methoxy groups -OCH3 is 1. The number of hydrogen-bond donors (Lipinski definition) is 1. The number of benzene rings is 1. The van der Waals surface area contributed by atoms with E-state index in [-0.39, 0.29) is 17.5 Å². The van der Waals surface area contributed by atoms with Gasteiger partial charge in [0.15, 0.2) is 0 Å². The molecule has 0 aliphatic carbocycles. The molecular formula is C23H29N3O2S. The summed E-state index contributed by atoms with van der Waals surface area (Å²) in [7, 11) is 1.76. The van der Waals surface area contributed by atoms with E-state index in [4.69, 9.17) is 4.74 Å². The van der Waals surface area contributed by atoms with Gasteiger partial charge in [0.25, 0.3) is 5.91 Å². The second-order valence-corrected chi connectivity index (χ2v) is 8.69. The van der Waals surface area contributed by atoms with Crippen molar-refractivity contribution in [1.29, 1.82) is 0 Å². The van der Waals surface area contributed by atoms with Crippen LogP contribution < -0.4 is 5.32 Å². The summed E-state index contributed by atoms with van der Waals surface area (Å²) < 4.78 is 5.40. The molecule has 29 heavy (non-hydrogen) atoms. The number of aromatic nitrogens is 1. The van der Waals surface area contributed by atoms with Crippen LogP contribution in [-0.2, 0) is 4.74 Å². The predicted molar refractivity (Wildman–Crippen MR) is 116 cm³/mol. The number of amides is 1. The fourth-order valence-electron chi connectivity index (χ4n) is 5.22. The smallest absolute Gasteiger partial charge is 0.254 e. The number of fused-ring (bicyclic) bond motifs is 2. The lowest BCUT2D eigenvalue weighted by atomic mass is 9.78. The minimum Gasteiger partial charge on any atom is -0.383 e. The third-order valence-electron chi connectivity index (χ3n) is 6.52. The molecule has 1 aromatic carbocycles. The minimum atomic E-state index is -0.0598. The van der Waals surface area contributed by atoms with E-state index in [0.717, 1.165) is 24.4 Å². The molecule has 2 aromatic rings. The number of hydrogen-bond acceptors (Lipinski definition) is 5.